The summed E-state index contributed by atoms with van der Waals surface area (Å²) in [6.07, 6.45) is 1.25. The Morgan fingerprint density at radius 2 is 2.11 bits per heavy atom. The zero-order chi connectivity index (χ0) is 20.4. The van der Waals surface area contributed by atoms with Crippen molar-refractivity contribution in [3.05, 3.63) is 44.9 Å². The number of methoxy groups -OCH3 is 1. The molecule has 28 heavy (non-hydrogen) atoms. The van der Waals surface area contributed by atoms with E-state index >= 15 is 0 Å². The Balaban J connectivity index is 2.10. The molecule has 1 aromatic rings. The number of esters is 2. The quantitative estimate of drug-likeness (QED) is 0.600. The standard InChI is InChI=1S/C21H25NO5S/c1-5-8-27-21(25)16-12(3)22-13-10-11(2)15(20(24)26-4)19(23)17(13)18(16)14-7-6-9-28-14/h6-7,9,11,15,18,22H,5,8,10H2,1-4H3/t11-,15+,18-/m0/s1. The van der Waals surface area contributed by atoms with Crippen LogP contribution in [0.1, 0.15) is 44.4 Å². The third-order valence-electron chi connectivity index (χ3n) is 5.23. The molecule has 3 atom stereocenters. The fraction of sp³-hybridized carbons (Fsp3) is 0.476. The molecule has 1 aliphatic carbocycles. The molecular formula is C21H25NO5S. The summed E-state index contributed by atoms with van der Waals surface area (Å²) < 4.78 is 10.3. The van der Waals surface area contributed by atoms with E-state index < -0.39 is 23.8 Å². The van der Waals surface area contributed by atoms with E-state index in [-0.39, 0.29) is 11.7 Å². The maximum Gasteiger partial charge on any atom is 0.336 e. The Kier molecular flexibility index (Phi) is 6.03. The second-order valence-electron chi connectivity index (χ2n) is 7.19. The van der Waals surface area contributed by atoms with Crippen LogP contribution in [0.25, 0.3) is 0 Å². The molecule has 7 heteroatoms. The summed E-state index contributed by atoms with van der Waals surface area (Å²) in [5.74, 6) is -2.82. The number of hydrogen-bond donors (Lipinski definition) is 1. The molecule has 0 aromatic carbocycles. The van der Waals surface area contributed by atoms with E-state index in [0.717, 1.165) is 10.6 Å². The van der Waals surface area contributed by atoms with E-state index in [0.29, 0.717) is 36.3 Å². The number of rotatable bonds is 5. The zero-order valence-corrected chi connectivity index (χ0v) is 17.4. The number of nitrogens with one attached hydrogen (secondary N) is 1. The summed E-state index contributed by atoms with van der Waals surface area (Å²) in [4.78, 5) is 39.4. The van der Waals surface area contributed by atoms with E-state index in [4.69, 9.17) is 9.47 Å². The van der Waals surface area contributed by atoms with Crippen molar-refractivity contribution in [2.24, 2.45) is 11.8 Å². The molecule has 0 amide bonds. The zero-order valence-electron chi connectivity index (χ0n) is 16.5. The number of thiophene rings is 1. The molecular weight excluding hydrogens is 378 g/mol. The van der Waals surface area contributed by atoms with Gasteiger partial charge in [-0.05, 0) is 37.1 Å². The van der Waals surface area contributed by atoms with Gasteiger partial charge in [0.2, 0.25) is 0 Å². The van der Waals surface area contributed by atoms with Gasteiger partial charge in [-0.1, -0.05) is 19.9 Å². The lowest BCUT2D eigenvalue weighted by molar-refractivity contribution is -0.151. The van der Waals surface area contributed by atoms with E-state index in [9.17, 15) is 14.4 Å². The monoisotopic (exact) mass is 403 g/mol. The lowest BCUT2D eigenvalue weighted by Crippen LogP contribution is -2.43. The van der Waals surface area contributed by atoms with Gasteiger partial charge in [-0.15, -0.1) is 11.3 Å². The molecule has 2 aliphatic rings. The lowest BCUT2D eigenvalue weighted by Gasteiger charge is -2.37. The number of Topliss-reactive ketones (excluding diaryl/α,β-unsaturated/α-hetero) is 1. The maximum absolute atomic E-state index is 13.4. The Hall–Kier alpha value is -2.41. The first-order valence-electron chi connectivity index (χ1n) is 9.44. The van der Waals surface area contributed by atoms with Gasteiger partial charge in [0.15, 0.2) is 5.78 Å². The molecule has 150 valence electrons. The molecule has 0 unspecified atom stereocenters. The summed E-state index contributed by atoms with van der Waals surface area (Å²) in [6.45, 7) is 5.94. The molecule has 1 aliphatic heterocycles. The largest absolute Gasteiger partial charge is 0.468 e. The van der Waals surface area contributed by atoms with Crippen LogP contribution in [0.3, 0.4) is 0 Å². The highest BCUT2D eigenvalue weighted by atomic mass is 32.1. The van der Waals surface area contributed by atoms with Gasteiger partial charge in [-0.2, -0.15) is 0 Å². The van der Waals surface area contributed by atoms with Crippen LogP contribution in [-0.2, 0) is 23.9 Å². The molecule has 1 N–H and O–H groups in total. The molecule has 1 aromatic heterocycles. The predicted molar refractivity (Wildman–Crippen MR) is 105 cm³/mol. The highest BCUT2D eigenvalue weighted by Crippen LogP contribution is 2.46. The van der Waals surface area contributed by atoms with Crippen molar-refractivity contribution < 1.29 is 23.9 Å². The molecule has 0 bridgehead atoms. The first-order chi connectivity index (χ1) is 13.4. The van der Waals surface area contributed by atoms with Crippen molar-refractivity contribution in [2.45, 2.75) is 39.5 Å². The number of dihydropyridines is 1. The van der Waals surface area contributed by atoms with Gasteiger partial charge in [0.05, 0.1) is 25.2 Å². The van der Waals surface area contributed by atoms with Gasteiger partial charge in [0, 0.05) is 21.8 Å². The van der Waals surface area contributed by atoms with Gasteiger partial charge < -0.3 is 14.8 Å². The maximum atomic E-state index is 13.4. The van der Waals surface area contributed by atoms with Crippen LogP contribution in [0.15, 0.2) is 40.1 Å². The number of ketones is 1. The average molecular weight is 404 g/mol. The molecule has 0 fully saturated rings. The van der Waals surface area contributed by atoms with Crippen molar-refractivity contribution in [1.29, 1.82) is 0 Å². The van der Waals surface area contributed by atoms with Crippen LogP contribution in [0.2, 0.25) is 0 Å². The summed E-state index contributed by atoms with van der Waals surface area (Å²) in [5.41, 5.74) is 2.38. The molecule has 0 saturated carbocycles. The van der Waals surface area contributed by atoms with Gasteiger partial charge >= 0.3 is 11.9 Å². The third kappa shape index (κ3) is 3.51. The SMILES string of the molecule is CCCOC(=O)C1=C(C)NC2=C(C(=O)[C@H](C(=O)OC)[C@@H](C)C2)[C@H]1c1cccs1. The van der Waals surface area contributed by atoms with Crippen molar-refractivity contribution in [1.82, 2.24) is 5.32 Å². The average Bonchev–Trinajstić information content (AvgIpc) is 3.19. The highest BCUT2D eigenvalue weighted by Gasteiger charge is 2.47. The Morgan fingerprint density at radius 1 is 1.36 bits per heavy atom. The summed E-state index contributed by atoms with van der Waals surface area (Å²) >= 11 is 1.48. The Bertz CT molecular complexity index is 852. The molecule has 0 radical (unpaired) electrons. The fourth-order valence-electron chi connectivity index (χ4n) is 3.96. The molecule has 6 nitrogen and oxygen atoms in total. The van der Waals surface area contributed by atoms with E-state index in [1.165, 1.54) is 18.4 Å². The smallest absolute Gasteiger partial charge is 0.336 e. The van der Waals surface area contributed by atoms with Gasteiger partial charge in [0.1, 0.15) is 5.92 Å². The Morgan fingerprint density at radius 3 is 2.71 bits per heavy atom. The first-order valence-corrected chi connectivity index (χ1v) is 10.3. The van der Waals surface area contributed by atoms with Crippen molar-refractivity contribution in [2.75, 3.05) is 13.7 Å². The molecule has 2 heterocycles. The lowest BCUT2D eigenvalue weighted by atomic mass is 9.70. The molecule has 0 saturated heterocycles. The summed E-state index contributed by atoms with van der Waals surface area (Å²) in [5, 5.41) is 5.16. The minimum atomic E-state index is -0.862. The van der Waals surface area contributed by atoms with E-state index in [1.54, 1.807) is 0 Å². The van der Waals surface area contributed by atoms with Crippen LogP contribution in [-0.4, -0.2) is 31.4 Å². The van der Waals surface area contributed by atoms with Crippen molar-refractivity contribution >= 4 is 29.1 Å². The van der Waals surface area contributed by atoms with Crippen LogP contribution >= 0.6 is 11.3 Å². The van der Waals surface area contributed by atoms with E-state index in [2.05, 4.69) is 5.32 Å². The minimum absolute atomic E-state index is 0.184. The number of allylic oxidation sites excluding steroid dienone is 3. The Labute approximate surface area is 168 Å². The van der Waals surface area contributed by atoms with Crippen LogP contribution in [0, 0.1) is 11.8 Å². The van der Waals surface area contributed by atoms with Crippen LogP contribution < -0.4 is 5.32 Å². The number of hydrogen-bond acceptors (Lipinski definition) is 7. The van der Waals surface area contributed by atoms with Crippen LogP contribution in [0.5, 0.6) is 0 Å². The van der Waals surface area contributed by atoms with Crippen LogP contribution in [0.4, 0.5) is 0 Å². The summed E-state index contributed by atoms with van der Waals surface area (Å²) in [7, 11) is 1.29. The second-order valence-corrected chi connectivity index (χ2v) is 8.17. The number of ether oxygens (including phenoxy) is 2. The fourth-order valence-corrected chi connectivity index (χ4v) is 4.81. The minimum Gasteiger partial charge on any atom is -0.468 e. The van der Waals surface area contributed by atoms with E-state index in [1.807, 2.05) is 38.3 Å². The van der Waals surface area contributed by atoms with Crippen molar-refractivity contribution in [3.63, 3.8) is 0 Å². The number of carbonyl (C=O) groups is 3. The molecule has 3 rings (SSSR count). The third-order valence-corrected chi connectivity index (χ3v) is 6.17. The van der Waals surface area contributed by atoms with Gasteiger partial charge in [-0.3, -0.25) is 9.59 Å². The normalized spacial score (nSPS) is 24.6. The van der Waals surface area contributed by atoms with Crippen molar-refractivity contribution in [3.8, 4) is 0 Å². The predicted octanol–water partition coefficient (Wildman–Crippen LogP) is 3.31. The topological polar surface area (TPSA) is 81.7 Å². The summed E-state index contributed by atoms with van der Waals surface area (Å²) in [6, 6.07) is 3.80. The second kappa shape index (κ2) is 8.31. The highest BCUT2D eigenvalue weighted by molar-refractivity contribution is 7.10. The van der Waals surface area contributed by atoms with Gasteiger partial charge in [0.25, 0.3) is 0 Å². The first kappa shape index (κ1) is 20.3. The van der Waals surface area contributed by atoms with Gasteiger partial charge in [-0.25, -0.2) is 4.79 Å². The number of carbonyl (C=O) groups excluding carboxylic acids is 3. The molecule has 0 spiro atoms.